The monoisotopic (exact) mass is 212 g/mol. The van der Waals surface area contributed by atoms with Crippen LogP contribution in [0.5, 0.6) is 0 Å². The zero-order valence-electron chi connectivity index (χ0n) is 6.84. The van der Waals surface area contributed by atoms with Gasteiger partial charge in [-0.1, -0.05) is 6.08 Å². The number of halogens is 2. The third-order valence-corrected chi connectivity index (χ3v) is 0.791. The van der Waals surface area contributed by atoms with E-state index < -0.39 is 10.5 Å². The van der Waals surface area contributed by atoms with E-state index in [-0.39, 0.29) is 6.61 Å². The second-order valence-corrected chi connectivity index (χ2v) is 2.39. The minimum atomic E-state index is -0.461. The van der Waals surface area contributed by atoms with E-state index in [2.05, 4.69) is 4.74 Å². The molecule has 0 saturated heterocycles. The van der Waals surface area contributed by atoms with Crippen molar-refractivity contribution in [2.75, 3.05) is 13.7 Å². The molecule has 0 aromatic carbocycles. The Balaban J connectivity index is 0. The number of allylic oxidation sites excluding steroid dienone is 2. The lowest BCUT2D eigenvalue weighted by Gasteiger charge is -1.82. The highest BCUT2D eigenvalue weighted by molar-refractivity contribution is 6.66. The molecule has 0 aliphatic carbocycles. The molecule has 0 spiro atoms. The van der Waals surface area contributed by atoms with Crippen molar-refractivity contribution in [3.63, 3.8) is 0 Å². The Morgan fingerprint density at radius 1 is 1.42 bits per heavy atom. The van der Waals surface area contributed by atoms with E-state index in [1.807, 2.05) is 0 Å². The topological polar surface area (TPSA) is 43.4 Å². The third-order valence-electron chi connectivity index (χ3n) is 0.556. The van der Waals surface area contributed by atoms with Crippen LogP contribution < -0.4 is 0 Å². The number of hydrogen-bond acceptors (Lipinski definition) is 3. The number of methoxy groups -OCH3 is 1. The largest absolute Gasteiger partial charge is 0.376 e. The number of rotatable bonds is 3. The van der Waals surface area contributed by atoms with Crippen LogP contribution in [-0.2, 0) is 14.3 Å². The number of ether oxygens (including phenoxy) is 1. The quantitative estimate of drug-likeness (QED) is 0.529. The van der Waals surface area contributed by atoms with Crippen molar-refractivity contribution in [1.29, 1.82) is 0 Å². The first-order valence-electron chi connectivity index (χ1n) is 3.04. The van der Waals surface area contributed by atoms with Crippen LogP contribution in [0.4, 0.5) is 0 Å². The highest BCUT2D eigenvalue weighted by atomic mass is 35.5. The fourth-order valence-corrected chi connectivity index (χ4v) is 0.480. The lowest BCUT2D eigenvalue weighted by molar-refractivity contribution is -0.115. The molecule has 0 atom stereocenters. The van der Waals surface area contributed by atoms with Gasteiger partial charge in [-0.3, -0.25) is 9.59 Å². The number of carbonyl (C=O) groups is 2. The Labute approximate surface area is 81.3 Å². The molecule has 0 bridgehead atoms. The van der Waals surface area contributed by atoms with Crippen LogP contribution >= 0.6 is 23.2 Å². The van der Waals surface area contributed by atoms with Crippen molar-refractivity contribution in [2.45, 2.75) is 6.92 Å². The molecule has 3 nitrogen and oxygen atoms in total. The van der Waals surface area contributed by atoms with Crippen molar-refractivity contribution in [3.8, 4) is 0 Å². The van der Waals surface area contributed by atoms with Gasteiger partial charge in [0.25, 0.3) is 0 Å². The normalized spacial score (nSPS) is 9.00. The van der Waals surface area contributed by atoms with Crippen molar-refractivity contribution < 1.29 is 14.3 Å². The van der Waals surface area contributed by atoms with E-state index in [0.29, 0.717) is 0 Å². The van der Waals surface area contributed by atoms with Crippen LogP contribution in [0.2, 0.25) is 0 Å². The molecule has 12 heavy (non-hydrogen) atoms. The van der Waals surface area contributed by atoms with Crippen LogP contribution in [0.1, 0.15) is 6.92 Å². The van der Waals surface area contributed by atoms with Crippen LogP contribution in [0.3, 0.4) is 0 Å². The first-order chi connectivity index (χ1) is 5.54. The number of hydrogen-bond donors (Lipinski definition) is 0. The summed E-state index contributed by atoms with van der Waals surface area (Å²) in [5.74, 6) is 0. The summed E-state index contributed by atoms with van der Waals surface area (Å²) in [5, 5.41) is -0.880. The summed E-state index contributed by atoms with van der Waals surface area (Å²) in [6.07, 6.45) is 2.89. The third kappa shape index (κ3) is 22.6. The predicted molar refractivity (Wildman–Crippen MR) is 48.4 cm³/mol. The summed E-state index contributed by atoms with van der Waals surface area (Å²) in [4.78, 5) is 19.4. The molecule has 0 aromatic heterocycles. The fraction of sp³-hybridized carbons (Fsp3) is 0.429. The molecule has 0 aromatic rings. The van der Waals surface area contributed by atoms with Gasteiger partial charge in [0.1, 0.15) is 6.61 Å². The summed E-state index contributed by atoms with van der Waals surface area (Å²) in [6.45, 7) is 1.74. The first kappa shape index (κ1) is 14.2. The van der Waals surface area contributed by atoms with Gasteiger partial charge < -0.3 is 4.74 Å². The second-order valence-electron chi connectivity index (χ2n) is 1.59. The molecule has 0 amide bonds. The minimum absolute atomic E-state index is 0.00154. The molecule has 0 saturated carbocycles. The number of carbonyl (C=O) groups excluding carboxylic acids is 2. The molecular formula is C7H10Cl2O3. The molecule has 0 unspecified atom stereocenters. The Bertz CT molecular complexity index is 166. The minimum Gasteiger partial charge on any atom is -0.376 e. The van der Waals surface area contributed by atoms with Gasteiger partial charge in [-0.05, 0) is 36.2 Å². The van der Waals surface area contributed by atoms with Crippen molar-refractivity contribution in [3.05, 3.63) is 12.2 Å². The van der Waals surface area contributed by atoms with E-state index in [9.17, 15) is 9.59 Å². The average Bonchev–Trinajstić information content (AvgIpc) is 1.87. The van der Waals surface area contributed by atoms with Crippen molar-refractivity contribution >= 4 is 33.7 Å². The zero-order chi connectivity index (χ0) is 9.98. The summed E-state index contributed by atoms with van der Waals surface area (Å²) >= 11 is 9.67. The summed E-state index contributed by atoms with van der Waals surface area (Å²) < 4.78 is 4.32. The second kappa shape index (κ2) is 10.6. The van der Waals surface area contributed by atoms with Crippen LogP contribution in [0, 0.1) is 0 Å². The van der Waals surface area contributed by atoms with Crippen LogP contribution in [0.15, 0.2) is 12.2 Å². The van der Waals surface area contributed by atoms with Gasteiger partial charge in [0.15, 0.2) is 0 Å². The zero-order valence-corrected chi connectivity index (χ0v) is 8.35. The van der Waals surface area contributed by atoms with Crippen molar-refractivity contribution in [1.82, 2.24) is 0 Å². The molecule has 0 N–H and O–H groups in total. The molecule has 70 valence electrons. The van der Waals surface area contributed by atoms with Crippen LogP contribution in [0.25, 0.3) is 0 Å². The van der Waals surface area contributed by atoms with E-state index in [1.54, 1.807) is 13.0 Å². The molecule has 0 fully saturated rings. The van der Waals surface area contributed by atoms with Gasteiger partial charge in [-0.25, -0.2) is 0 Å². The molecule has 0 heterocycles. The highest BCUT2D eigenvalue weighted by Gasteiger charge is 1.87. The fourth-order valence-electron chi connectivity index (χ4n) is 0.245. The van der Waals surface area contributed by atoms with Gasteiger partial charge >= 0.3 is 0 Å². The highest BCUT2D eigenvalue weighted by Crippen LogP contribution is 1.78. The Morgan fingerprint density at radius 3 is 1.92 bits per heavy atom. The van der Waals surface area contributed by atoms with E-state index in [4.69, 9.17) is 23.2 Å². The molecular weight excluding hydrogens is 203 g/mol. The summed E-state index contributed by atoms with van der Waals surface area (Å²) in [5.41, 5.74) is 0. The van der Waals surface area contributed by atoms with E-state index in [0.717, 1.165) is 0 Å². The Morgan fingerprint density at radius 2 is 1.92 bits per heavy atom. The standard InChI is InChI=1S/C4H5ClO.C3H5ClO2/c1-2-3-4(5)6;1-6-2-3(4)5/h2-3H,1H3;2H2,1H3. The molecule has 0 aliphatic heterocycles. The van der Waals surface area contributed by atoms with Gasteiger partial charge in [-0.15, -0.1) is 0 Å². The maximum absolute atomic E-state index is 9.72. The SMILES string of the molecule is CC=CC(=O)Cl.COCC(=O)Cl. The van der Waals surface area contributed by atoms with Gasteiger partial charge in [-0.2, -0.15) is 0 Å². The molecule has 0 aliphatic rings. The lowest BCUT2D eigenvalue weighted by Crippen LogP contribution is -1.95. The maximum Gasteiger partial charge on any atom is 0.247 e. The lowest BCUT2D eigenvalue weighted by atomic mass is 10.6. The maximum atomic E-state index is 9.72. The Hall–Kier alpha value is -0.380. The van der Waals surface area contributed by atoms with Gasteiger partial charge in [0.2, 0.25) is 10.5 Å². The van der Waals surface area contributed by atoms with E-state index >= 15 is 0 Å². The molecule has 5 heteroatoms. The summed E-state index contributed by atoms with van der Waals surface area (Å²) in [6, 6.07) is 0. The van der Waals surface area contributed by atoms with E-state index in [1.165, 1.54) is 13.2 Å². The van der Waals surface area contributed by atoms with Gasteiger partial charge in [0, 0.05) is 7.11 Å². The first-order valence-corrected chi connectivity index (χ1v) is 3.79. The van der Waals surface area contributed by atoms with Crippen molar-refractivity contribution in [2.24, 2.45) is 0 Å². The molecule has 0 rings (SSSR count). The average molecular weight is 213 g/mol. The predicted octanol–water partition coefficient (Wildman–Crippen LogP) is 1.73. The van der Waals surface area contributed by atoms with Crippen LogP contribution in [-0.4, -0.2) is 24.2 Å². The Kier molecular flexibility index (Phi) is 12.5. The summed E-state index contributed by atoms with van der Waals surface area (Å²) in [7, 11) is 1.42. The molecule has 0 radical (unpaired) electrons. The smallest absolute Gasteiger partial charge is 0.247 e. The van der Waals surface area contributed by atoms with Gasteiger partial charge in [0.05, 0.1) is 0 Å².